The van der Waals surface area contributed by atoms with E-state index >= 15 is 0 Å². The molecule has 0 saturated heterocycles. The third-order valence-corrected chi connectivity index (χ3v) is 6.20. The molecular formula is C17H28FN3O2S. The first-order valence-electron chi connectivity index (χ1n) is 8.06. The lowest BCUT2D eigenvalue weighted by Gasteiger charge is -2.19. The van der Waals surface area contributed by atoms with Crippen LogP contribution < -0.4 is 10.6 Å². The summed E-state index contributed by atoms with van der Waals surface area (Å²) < 4.78 is 37.0. The maximum Gasteiger partial charge on any atom is 0.191 e. The average Bonchev–Trinajstić information content (AvgIpc) is 2.47. The van der Waals surface area contributed by atoms with Crippen LogP contribution in [0.4, 0.5) is 4.39 Å². The first-order valence-corrected chi connectivity index (χ1v) is 9.71. The van der Waals surface area contributed by atoms with Crippen LogP contribution in [0.1, 0.15) is 38.8 Å². The molecule has 7 heteroatoms. The number of benzene rings is 1. The number of aliphatic imine (C=N–C) groups is 1. The first kappa shape index (κ1) is 20.4. The topological polar surface area (TPSA) is 70.6 Å². The number of sulfone groups is 1. The quantitative estimate of drug-likeness (QED) is 0.606. The highest BCUT2D eigenvalue weighted by atomic mass is 32.2. The van der Waals surface area contributed by atoms with Gasteiger partial charge in [0.15, 0.2) is 15.8 Å². The van der Waals surface area contributed by atoms with Crippen molar-refractivity contribution in [2.24, 2.45) is 4.99 Å². The first-order chi connectivity index (χ1) is 11.1. The summed E-state index contributed by atoms with van der Waals surface area (Å²) in [6.45, 7) is 9.94. The Labute approximate surface area is 144 Å². The summed E-state index contributed by atoms with van der Waals surface area (Å²) in [4.78, 5) is 4.37. The number of nitrogens with zero attached hydrogens (tertiary/aromatic N) is 1. The molecule has 1 aromatic carbocycles. The summed E-state index contributed by atoms with van der Waals surface area (Å²) in [6, 6.07) is 5.01. The van der Waals surface area contributed by atoms with E-state index in [9.17, 15) is 12.8 Å². The largest absolute Gasteiger partial charge is 0.357 e. The molecule has 0 heterocycles. The molecule has 0 aliphatic carbocycles. The zero-order valence-electron chi connectivity index (χ0n) is 15.1. The zero-order chi connectivity index (χ0) is 18.4. The van der Waals surface area contributed by atoms with Crippen LogP contribution in [0.25, 0.3) is 0 Å². The fourth-order valence-corrected chi connectivity index (χ4v) is 2.84. The van der Waals surface area contributed by atoms with Crippen molar-refractivity contribution in [3.63, 3.8) is 0 Å². The maximum absolute atomic E-state index is 13.6. The van der Waals surface area contributed by atoms with E-state index in [1.54, 1.807) is 33.8 Å². The lowest BCUT2D eigenvalue weighted by atomic mass is 10.1. The Morgan fingerprint density at radius 1 is 1.25 bits per heavy atom. The summed E-state index contributed by atoms with van der Waals surface area (Å²) in [5, 5.41) is 6.07. The summed E-state index contributed by atoms with van der Waals surface area (Å²) in [5.41, 5.74) is 1.36. The van der Waals surface area contributed by atoms with Gasteiger partial charge in [0, 0.05) is 13.1 Å². The van der Waals surface area contributed by atoms with E-state index < -0.39 is 14.6 Å². The van der Waals surface area contributed by atoms with E-state index in [0.29, 0.717) is 24.6 Å². The second-order valence-electron chi connectivity index (χ2n) is 6.64. The predicted octanol–water partition coefficient (Wildman–Crippen LogP) is 2.40. The Bertz CT molecular complexity index is 680. The molecule has 0 radical (unpaired) electrons. The van der Waals surface area contributed by atoms with Gasteiger partial charge in [0.1, 0.15) is 5.82 Å². The molecule has 0 aliphatic rings. The molecule has 0 aromatic heterocycles. The smallest absolute Gasteiger partial charge is 0.191 e. The minimum Gasteiger partial charge on any atom is -0.357 e. The van der Waals surface area contributed by atoms with E-state index in [1.807, 2.05) is 13.0 Å². The van der Waals surface area contributed by atoms with Crippen molar-refractivity contribution in [1.29, 1.82) is 0 Å². The number of aryl methyl sites for hydroxylation is 1. The van der Waals surface area contributed by atoms with Crippen molar-refractivity contribution in [3.8, 4) is 0 Å². The van der Waals surface area contributed by atoms with E-state index in [-0.39, 0.29) is 18.1 Å². The molecule has 136 valence electrons. The summed E-state index contributed by atoms with van der Waals surface area (Å²) in [7, 11) is -3.18. The van der Waals surface area contributed by atoms with Gasteiger partial charge >= 0.3 is 0 Å². The Balaban J connectivity index is 2.68. The predicted molar refractivity (Wildman–Crippen MR) is 97.5 cm³/mol. The zero-order valence-corrected chi connectivity index (χ0v) is 15.9. The molecule has 1 aromatic rings. The molecule has 0 spiro atoms. The third kappa shape index (κ3) is 6.11. The van der Waals surface area contributed by atoms with Crippen molar-refractivity contribution in [2.45, 2.75) is 45.9 Å². The van der Waals surface area contributed by atoms with Crippen molar-refractivity contribution in [3.05, 3.63) is 35.1 Å². The molecule has 0 amide bonds. The summed E-state index contributed by atoms with van der Waals surface area (Å²) in [5.74, 6) is 0.291. The minimum atomic E-state index is -3.18. The van der Waals surface area contributed by atoms with Gasteiger partial charge in [-0.15, -0.1) is 0 Å². The van der Waals surface area contributed by atoms with E-state index in [4.69, 9.17) is 0 Å². The van der Waals surface area contributed by atoms with E-state index in [1.165, 1.54) is 6.07 Å². The monoisotopic (exact) mass is 357 g/mol. The molecule has 0 atom stereocenters. The van der Waals surface area contributed by atoms with Gasteiger partial charge in [0.25, 0.3) is 0 Å². The van der Waals surface area contributed by atoms with Gasteiger partial charge in [-0.25, -0.2) is 17.8 Å². The fourth-order valence-electron chi connectivity index (χ4n) is 1.86. The van der Waals surface area contributed by atoms with E-state index in [2.05, 4.69) is 15.6 Å². The number of hydrogen-bond acceptors (Lipinski definition) is 3. The maximum atomic E-state index is 13.6. The lowest BCUT2D eigenvalue weighted by Crippen LogP contribution is -2.41. The van der Waals surface area contributed by atoms with Crippen molar-refractivity contribution in [1.82, 2.24) is 10.6 Å². The fraction of sp³-hybridized carbons (Fsp3) is 0.588. The summed E-state index contributed by atoms with van der Waals surface area (Å²) in [6.07, 6.45) is 0. The van der Waals surface area contributed by atoms with Crippen LogP contribution in [-0.4, -0.2) is 38.0 Å². The SMILES string of the molecule is CCNC(=NCc1ccc(C)c(F)c1)NCCS(=O)(=O)C(C)(C)C. The van der Waals surface area contributed by atoms with Crippen molar-refractivity contribution in [2.75, 3.05) is 18.8 Å². The van der Waals surface area contributed by atoms with Crippen LogP contribution in [0.15, 0.2) is 23.2 Å². The molecule has 5 nitrogen and oxygen atoms in total. The van der Waals surface area contributed by atoms with Crippen LogP contribution in [0, 0.1) is 12.7 Å². The van der Waals surface area contributed by atoms with Gasteiger partial charge in [-0.05, 0) is 51.8 Å². The molecule has 0 unspecified atom stereocenters. The summed E-state index contributed by atoms with van der Waals surface area (Å²) >= 11 is 0. The van der Waals surface area contributed by atoms with E-state index in [0.717, 1.165) is 5.56 Å². The molecule has 2 N–H and O–H groups in total. The number of hydrogen-bond donors (Lipinski definition) is 2. The van der Waals surface area contributed by atoms with Crippen molar-refractivity contribution < 1.29 is 12.8 Å². The van der Waals surface area contributed by atoms with Crippen LogP contribution >= 0.6 is 0 Å². The number of nitrogens with one attached hydrogen (secondary N) is 2. The Morgan fingerprint density at radius 3 is 2.46 bits per heavy atom. The second-order valence-corrected chi connectivity index (χ2v) is 9.50. The number of guanidine groups is 1. The highest BCUT2D eigenvalue weighted by Crippen LogP contribution is 2.15. The van der Waals surface area contributed by atoms with Gasteiger partial charge in [-0.3, -0.25) is 0 Å². The molecule has 0 aliphatic heterocycles. The molecular weight excluding hydrogens is 329 g/mol. The van der Waals surface area contributed by atoms with Crippen LogP contribution in [0.2, 0.25) is 0 Å². The molecule has 0 bridgehead atoms. The van der Waals surface area contributed by atoms with Gasteiger partial charge in [0.2, 0.25) is 0 Å². The highest BCUT2D eigenvalue weighted by Gasteiger charge is 2.28. The molecule has 24 heavy (non-hydrogen) atoms. The standard InChI is InChI=1S/C17H28FN3O2S/c1-6-19-16(20-9-10-24(22,23)17(3,4)5)21-12-14-8-7-13(2)15(18)11-14/h7-8,11H,6,9-10,12H2,1-5H3,(H2,19,20,21). The van der Waals surface area contributed by atoms with Crippen LogP contribution in [0.3, 0.4) is 0 Å². The van der Waals surface area contributed by atoms with Gasteiger partial charge in [-0.1, -0.05) is 12.1 Å². The molecule has 1 rings (SSSR count). The molecule has 0 fully saturated rings. The average molecular weight is 357 g/mol. The highest BCUT2D eigenvalue weighted by molar-refractivity contribution is 7.92. The van der Waals surface area contributed by atoms with Crippen LogP contribution in [-0.2, 0) is 16.4 Å². The Kier molecular flexibility index (Phi) is 7.20. The van der Waals surface area contributed by atoms with Gasteiger partial charge in [0.05, 0.1) is 17.0 Å². The lowest BCUT2D eigenvalue weighted by molar-refractivity contribution is 0.559. The van der Waals surface area contributed by atoms with Crippen LogP contribution in [0.5, 0.6) is 0 Å². The normalized spacial score (nSPS) is 13.0. The van der Waals surface area contributed by atoms with Gasteiger partial charge in [-0.2, -0.15) is 0 Å². The number of halogens is 1. The Morgan fingerprint density at radius 2 is 1.92 bits per heavy atom. The van der Waals surface area contributed by atoms with Gasteiger partial charge < -0.3 is 10.6 Å². The Hall–Kier alpha value is -1.63. The number of rotatable bonds is 6. The molecule has 0 saturated carbocycles. The minimum absolute atomic E-state index is 0.0279. The van der Waals surface area contributed by atoms with Crippen molar-refractivity contribution >= 4 is 15.8 Å². The second kappa shape index (κ2) is 8.46. The third-order valence-electron chi connectivity index (χ3n) is 3.60.